The first-order valence-corrected chi connectivity index (χ1v) is 12.6. The van der Waals surface area contributed by atoms with Crippen molar-refractivity contribution in [2.24, 2.45) is 0 Å². The third kappa shape index (κ3) is 6.01. The van der Waals surface area contributed by atoms with E-state index in [4.69, 9.17) is 21.1 Å². The van der Waals surface area contributed by atoms with Gasteiger partial charge in [-0.15, -0.1) is 10.2 Å². The molecule has 3 atom stereocenters. The smallest absolute Gasteiger partial charge is 0.236 e. The van der Waals surface area contributed by atoms with Crippen LogP contribution in [0.15, 0.2) is 55.1 Å². The van der Waals surface area contributed by atoms with Crippen molar-refractivity contribution in [2.75, 3.05) is 18.9 Å². The van der Waals surface area contributed by atoms with Crippen LogP contribution in [-0.4, -0.2) is 58.4 Å². The lowest BCUT2D eigenvalue weighted by atomic mass is 10.2. The van der Waals surface area contributed by atoms with E-state index >= 15 is 0 Å². The summed E-state index contributed by atoms with van der Waals surface area (Å²) in [6.45, 7) is 2.27. The van der Waals surface area contributed by atoms with Gasteiger partial charge in [-0.3, -0.25) is 14.3 Å². The summed E-state index contributed by atoms with van der Waals surface area (Å²) in [5.41, 5.74) is 1.61. The lowest BCUT2D eigenvalue weighted by molar-refractivity contribution is 0.0961. The summed E-state index contributed by atoms with van der Waals surface area (Å²) in [7, 11) is 1.43. The number of methoxy groups -OCH3 is 2. The zero-order valence-corrected chi connectivity index (χ0v) is 21.5. The molecule has 4 heterocycles. The monoisotopic (exact) mass is 528 g/mol. The topological polar surface area (TPSA) is 130 Å². The summed E-state index contributed by atoms with van der Waals surface area (Å²) < 4.78 is 29.0. The third-order valence-electron chi connectivity index (χ3n) is 5.36. The third-order valence-corrected chi connectivity index (χ3v) is 6.87. The lowest BCUT2D eigenvalue weighted by Gasteiger charge is -2.21. The molecule has 0 aromatic carbocycles. The van der Waals surface area contributed by atoms with E-state index < -0.39 is 22.3 Å². The fraction of sp³-hybridized carbons (Fsp3) is 0.304. The number of hydrogen-bond acceptors (Lipinski definition) is 9. The van der Waals surface area contributed by atoms with E-state index in [2.05, 4.69) is 34.9 Å². The van der Waals surface area contributed by atoms with Gasteiger partial charge >= 0.3 is 0 Å². The molecule has 13 heteroatoms. The van der Waals surface area contributed by atoms with Gasteiger partial charge in [-0.05, 0) is 31.0 Å². The molecule has 188 valence electrons. The Morgan fingerprint density at radius 1 is 1.11 bits per heavy atom. The Bertz CT molecular complexity index is 1310. The lowest BCUT2D eigenvalue weighted by Crippen LogP contribution is -2.29. The number of hydrogen-bond donors (Lipinski definition) is 1. The Labute approximate surface area is 215 Å². The number of rotatable bonds is 11. The first kappa shape index (κ1) is 25.6. The predicted molar refractivity (Wildman–Crippen MR) is 136 cm³/mol. The number of pyridine rings is 2. The van der Waals surface area contributed by atoms with E-state index in [0.29, 0.717) is 47.2 Å². The number of ether oxygens (including phenoxy) is 2. The maximum absolute atomic E-state index is 13.3. The van der Waals surface area contributed by atoms with Crippen LogP contribution < -0.4 is 9.46 Å². The molecule has 4 rings (SSSR count). The van der Waals surface area contributed by atoms with Gasteiger partial charge in [0.15, 0.2) is 11.6 Å². The molecule has 36 heavy (non-hydrogen) atoms. The Kier molecular flexibility index (Phi) is 8.52. The maximum Gasteiger partial charge on any atom is 0.236 e. The molecule has 0 aliphatic carbocycles. The van der Waals surface area contributed by atoms with Crippen LogP contribution in [0.4, 0.5) is 5.95 Å². The molecule has 0 saturated heterocycles. The molecule has 0 fully saturated rings. The van der Waals surface area contributed by atoms with Crippen LogP contribution in [0, 0.1) is 0 Å². The largest absolute Gasteiger partial charge is 0.481 e. The number of halogens is 1. The fourth-order valence-corrected chi connectivity index (χ4v) is 4.56. The Hall–Kier alpha value is -3.48. The SMILES string of the molecule is COc1cccc(-c2nnc(NS(=O)C(C)C(OC)c3ncc(Cl)cn3)n2CCc2cccnc2)n1. The number of nitrogens with zero attached hydrogens (tertiary/aromatic N) is 7. The highest BCUT2D eigenvalue weighted by Crippen LogP contribution is 2.25. The molecule has 0 aliphatic heterocycles. The zero-order chi connectivity index (χ0) is 25.5. The highest BCUT2D eigenvalue weighted by molar-refractivity contribution is 7.87. The second-order valence-electron chi connectivity index (χ2n) is 7.70. The van der Waals surface area contributed by atoms with Gasteiger partial charge in [-0.1, -0.05) is 23.7 Å². The summed E-state index contributed by atoms with van der Waals surface area (Å²) in [6.07, 6.45) is 6.49. The summed E-state index contributed by atoms with van der Waals surface area (Å²) in [5, 5.41) is 8.48. The molecule has 11 nitrogen and oxygen atoms in total. The van der Waals surface area contributed by atoms with Gasteiger partial charge in [0.25, 0.3) is 0 Å². The Morgan fingerprint density at radius 3 is 2.61 bits per heavy atom. The molecule has 1 N–H and O–H groups in total. The van der Waals surface area contributed by atoms with Crippen LogP contribution in [0.3, 0.4) is 0 Å². The molecular weight excluding hydrogens is 504 g/mol. The summed E-state index contributed by atoms with van der Waals surface area (Å²) >= 11 is 5.90. The van der Waals surface area contributed by atoms with Crippen molar-refractivity contribution in [3.05, 3.63) is 71.5 Å². The van der Waals surface area contributed by atoms with Gasteiger partial charge in [-0.25, -0.2) is 19.2 Å². The van der Waals surface area contributed by atoms with Gasteiger partial charge in [0, 0.05) is 44.5 Å². The van der Waals surface area contributed by atoms with Crippen molar-refractivity contribution in [1.82, 2.24) is 34.7 Å². The van der Waals surface area contributed by atoms with Crippen molar-refractivity contribution < 1.29 is 13.7 Å². The Balaban J connectivity index is 1.61. The first-order valence-electron chi connectivity index (χ1n) is 11.0. The van der Waals surface area contributed by atoms with Crippen LogP contribution in [0.5, 0.6) is 5.88 Å². The average Bonchev–Trinajstić information content (AvgIpc) is 3.31. The van der Waals surface area contributed by atoms with E-state index in [1.165, 1.54) is 19.5 Å². The van der Waals surface area contributed by atoms with Gasteiger partial charge in [0.05, 0.1) is 17.4 Å². The number of aromatic nitrogens is 7. The van der Waals surface area contributed by atoms with Gasteiger partial charge in [0.2, 0.25) is 11.8 Å². The minimum absolute atomic E-state index is 0.329. The Morgan fingerprint density at radius 2 is 1.92 bits per heavy atom. The number of anilines is 1. The fourth-order valence-electron chi connectivity index (χ4n) is 3.49. The summed E-state index contributed by atoms with van der Waals surface area (Å²) in [4.78, 5) is 17.1. The minimum Gasteiger partial charge on any atom is -0.481 e. The maximum atomic E-state index is 13.3. The van der Waals surface area contributed by atoms with Crippen molar-refractivity contribution in [3.8, 4) is 17.4 Å². The van der Waals surface area contributed by atoms with Crippen LogP contribution in [-0.2, 0) is 28.7 Å². The molecule has 0 spiro atoms. The quantitative estimate of drug-likeness (QED) is 0.311. The van der Waals surface area contributed by atoms with Crippen molar-refractivity contribution in [3.63, 3.8) is 0 Å². The minimum atomic E-state index is -1.63. The van der Waals surface area contributed by atoms with Crippen LogP contribution in [0.2, 0.25) is 5.02 Å². The van der Waals surface area contributed by atoms with E-state index in [9.17, 15) is 4.21 Å². The van der Waals surface area contributed by atoms with Gasteiger partial charge in [-0.2, -0.15) is 0 Å². The highest BCUT2D eigenvalue weighted by Gasteiger charge is 2.28. The second-order valence-corrected chi connectivity index (χ2v) is 9.67. The van der Waals surface area contributed by atoms with Crippen LogP contribution in [0.25, 0.3) is 11.5 Å². The normalized spacial score (nSPS) is 13.7. The predicted octanol–water partition coefficient (Wildman–Crippen LogP) is 3.28. The second kappa shape index (κ2) is 12.0. The van der Waals surface area contributed by atoms with Crippen LogP contribution >= 0.6 is 11.6 Å². The molecule has 4 aromatic rings. The molecular formula is C23H25ClN8O3S. The summed E-state index contributed by atoms with van der Waals surface area (Å²) in [6, 6.07) is 9.26. The molecule has 0 aliphatic rings. The molecule has 3 unspecified atom stereocenters. The molecule has 0 saturated carbocycles. The van der Waals surface area contributed by atoms with Crippen molar-refractivity contribution in [1.29, 1.82) is 0 Å². The van der Waals surface area contributed by atoms with Gasteiger partial charge in [0.1, 0.15) is 22.8 Å². The molecule has 0 amide bonds. The van der Waals surface area contributed by atoms with Crippen molar-refractivity contribution >= 4 is 28.5 Å². The number of aryl methyl sites for hydroxylation is 1. The number of nitrogens with one attached hydrogen (secondary N) is 1. The van der Waals surface area contributed by atoms with E-state index in [1.807, 2.05) is 28.8 Å². The average molecular weight is 529 g/mol. The standard InChI is InChI=1S/C23H25ClN8O3S/c1-15(20(35-3)21-26-13-17(24)14-27-21)36(33)31-23-30-29-22(18-7-4-8-19(28-18)34-2)32(23)11-9-16-6-5-10-25-12-16/h4-8,10,12-15,20H,9,11H2,1-3H3,(H,30,31). The van der Waals surface area contributed by atoms with Crippen LogP contribution in [0.1, 0.15) is 24.4 Å². The van der Waals surface area contributed by atoms with E-state index in [-0.39, 0.29) is 0 Å². The van der Waals surface area contributed by atoms with Gasteiger partial charge < -0.3 is 9.47 Å². The molecule has 4 aromatic heterocycles. The summed E-state index contributed by atoms with van der Waals surface area (Å²) in [5.74, 6) is 1.67. The van der Waals surface area contributed by atoms with Crippen molar-refractivity contribution in [2.45, 2.75) is 31.2 Å². The zero-order valence-electron chi connectivity index (χ0n) is 19.9. The molecule has 0 radical (unpaired) electrons. The highest BCUT2D eigenvalue weighted by atomic mass is 35.5. The van der Waals surface area contributed by atoms with E-state index in [1.54, 1.807) is 32.5 Å². The molecule has 0 bridgehead atoms. The van der Waals surface area contributed by atoms with E-state index in [0.717, 1.165) is 5.56 Å². The first-order chi connectivity index (χ1) is 17.5.